The summed E-state index contributed by atoms with van der Waals surface area (Å²) in [5.74, 6) is 1.12. The molecule has 0 atom stereocenters. The van der Waals surface area contributed by atoms with Crippen LogP contribution in [-0.2, 0) is 21.4 Å². The van der Waals surface area contributed by atoms with E-state index in [0.29, 0.717) is 23.6 Å². The first-order valence-electron chi connectivity index (χ1n) is 11.8. The van der Waals surface area contributed by atoms with Gasteiger partial charge in [0.15, 0.2) is 0 Å². The standard InChI is InChI=1S/C27H26N4O5S2/c1-17-11-21(25-22(12-17)30-18(15-28-25)16-34-2)27-31-26-23(35-3)13-19(14-24(26)37-27)36-10-9-29-38(32,33)20-7-5-4-6-8-20/h4-8,11-15,29H,9-10,16H2,1-3H3. The van der Waals surface area contributed by atoms with E-state index in [1.807, 2.05) is 25.1 Å². The summed E-state index contributed by atoms with van der Waals surface area (Å²) in [4.78, 5) is 14.4. The van der Waals surface area contributed by atoms with Crippen molar-refractivity contribution in [1.82, 2.24) is 19.7 Å². The zero-order valence-corrected chi connectivity index (χ0v) is 22.7. The highest BCUT2D eigenvalue weighted by Gasteiger charge is 2.17. The van der Waals surface area contributed by atoms with E-state index in [4.69, 9.17) is 19.2 Å². The van der Waals surface area contributed by atoms with Gasteiger partial charge in [-0.1, -0.05) is 18.2 Å². The number of nitrogens with zero attached hydrogens (tertiary/aromatic N) is 3. The second-order valence-electron chi connectivity index (χ2n) is 8.53. The number of fused-ring (bicyclic) bond motifs is 2. The number of aromatic nitrogens is 3. The summed E-state index contributed by atoms with van der Waals surface area (Å²) in [5, 5.41) is 0.786. The van der Waals surface area contributed by atoms with E-state index in [1.54, 1.807) is 56.8 Å². The molecule has 0 saturated carbocycles. The zero-order chi connectivity index (χ0) is 26.7. The van der Waals surface area contributed by atoms with E-state index in [2.05, 4.69) is 14.7 Å². The molecule has 5 aromatic rings. The maximum absolute atomic E-state index is 12.4. The Morgan fingerprint density at radius 1 is 1.00 bits per heavy atom. The lowest BCUT2D eigenvalue weighted by atomic mass is 10.1. The Hall–Kier alpha value is -3.64. The Balaban J connectivity index is 1.39. The van der Waals surface area contributed by atoms with Gasteiger partial charge in [0.1, 0.15) is 28.6 Å². The zero-order valence-electron chi connectivity index (χ0n) is 21.1. The molecule has 196 valence electrons. The van der Waals surface area contributed by atoms with Crippen LogP contribution in [0.5, 0.6) is 11.5 Å². The monoisotopic (exact) mass is 550 g/mol. The van der Waals surface area contributed by atoms with Crippen molar-refractivity contribution in [1.29, 1.82) is 0 Å². The molecule has 0 saturated heterocycles. The summed E-state index contributed by atoms with van der Waals surface area (Å²) in [6.07, 6.45) is 1.72. The third-order valence-electron chi connectivity index (χ3n) is 5.73. The SMILES string of the molecule is COCc1cnc2c(-c3nc4c(OC)cc(OCCNS(=O)(=O)c5ccccc5)cc4s3)cc(C)cc2n1. The highest BCUT2D eigenvalue weighted by atomic mass is 32.2. The number of aryl methyl sites for hydroxylation is 1. The Labute approximate surface area is 224 Å². The van der Waals surface area contributed by atoms with Crippen LogP contribution in [0.25, 0.3) is 31.8 Å². The molecule has 3 aromatic carbocycles. The smallest absolute Gasteiger partial charge is 0.240 e. The molecular formula is C27H26N4O5S2. The molecular weight excluding hydrogens is 524 g/mol. The molecule has 0 unspecified atom stereocenters. The summed E-state index contributed by atoms with van der Waals surface area (Å²) in [7, 11) is -0.390. The normalized spacial score (nSPS) is 11.8. The topological polar surface area (TPSA) is 113 Å². The molecule has 0 aliphatic carbocycles. The van der Waals surface area contributed by atoms with Crippen LogP contribution in [0.4, 0.5) is 0 Å². The van der Waals surface area contributed by atoms with Gasteiger partial charge in [-0.3, -0.25) is 4.98 Å². The molecule has 0 aliphatic rings. The minimum absolute atomic E-state index is 0.116. The number of nitrogens with one attached hydrogen (secondary N) is 1. The Morgan fingerprint density at radius 3 is 2.58 bits per heavy atom. The molecule has 11 heteroatoms. The molecule has 1 N–H and O–H groups in total. The van der Waals surface area contributed by atoms with E-state index >= 15 is 0 Å². The van der Waals surface area contributed by atoms with Crippen molar-refractivity contribution in [3.63, 3.8) is 0 Å². The maximum atomic E-state index is 12.4. The quantitative estimate of drug-likeness (QED) is 0.249. The van der Waals surface area contributed by atoms with Gasteiger partial charge in [-0.2, -0.15) is 0 Å². The number of benzene rings is 3. The highest BCUT2D eigenvalue weighted by Crippen LogP contribution is 2.39. The first-order valence-corrected chi connectivity index (χ1v) is 14.1. The van der Waals surface area contributed by atoms with E-state index in [1.165, 1.54) is 11.3 Å². The minimum atomic E-state index is -3.60. The van der Waals surface area contributed by atoms with Gasteiger partial charge >= 0.3 is 0 Å². The van der Waals surface area contributed by atoms with Crippen LogP contribution >= 0.6 is 11.3 Å². The van der Waals surface area contributed by atoms with Gasteiger partial charge in [0.05, 0.1) is 46.2 Å². The first kappa shape index (κ1) is 26.0. The van der Waals surface area contributed by atoms with Gasteiger partial charge in [0.2, 0.25) is 10.0 Å². The van der Waals surface area contributed by atoms with Gasteiger partial charge in [-0.15, -0.1) is 11.3 Å². The summed E-state index contributed by atoms with van der Waals surface area (Å²) < 4.78 is 44.9. The summed E-state index contributed by atoms with van der Waals surface area (Å²) >= 11 is 1.50. The van der Waals surface area contributed by atoms with Crippen LogP contribution in [0, 0.1) is 6.92 Å². The number of methoxy groups -OCH3 is 2. The molecule has 9 nitrogen and oxygen atoms in total. The molecule has 0 bridgehead atoms. The summed E-state index contributed by atoms with van der Waals surface area (Å²) in [6, 6.07) is 15.9. The molecule has 38 heavy (non-hydrogen) atoms. The lowest BCUT2D eigenvalue weighted by Gasteiger charge is -2.10. The number of hydrogen-bond donors (Lipinski definition) is 1. The fraction of sp³-hybridized carbons (Fsp3) is 0.222. The van der Waals surface area contributed by atoms with Crippen LogP contribution in [0.2, 0.25) is 0 Å². The van der Waals surface area contributed by atoms with Gasteiger partial charge in [0, 0.05) is 25.3 Å². The Morgan fingerprint density at radius 2 is 1.82 bits per heavy atom. The predicted octanol–water partition coefficient (Wildman–Crippen LogP) is 4.73. The largest absolute Gasteiger partial charge is 0.494 e. The van der Waals surface area contributed by atoms with Crippen molar-refractivity contribution in [3.05, 3.63) is 72.1 Å². The fourth-order valence-corrected chi connectivity index (χ4v) is 6.10. The van der Waals surface area contributed by atoms with Crippen molar-refractivity contribution < 1.29 is 22.6 Å². The third-order valence-corrected chi connectivity index (χ3v) is 8.25. The van der Waals surface area contributed by atoms with Gasteiger partial charge in [-0.25, -0.2) is 23.1 Å². The van der Waals surface area contributed by atoms with Crippen LogP contribution in [0.3, 0.4) is 0 Å². The van der Waals surface area contributed by atoms with Crippen LogP contribution < -0.4 is 14.2 Å². The summed E-state index contributed by atoms with van der Waals surface area (Å²) in [5.41, 5.74) is 4.94. The van der Waals surface area contributed by atoms with Crippen LogP contribution in [-0.4, -0.2) is 50.7 Å². The first-order chi connectivity index (χ1) is 18.4. The molecule has 2 aromatic heterocycles. The summed E-state index contributed by atoms with van der Waals surface area (Å²) in [6.45, 7) is 2.67. The van der Waals surface area contributed by atoms with Gasteiger partial charge < -0.3 is 14.2 Å². The van der Waals surface area contributed by atoms with Crippen molar-refractivity contribution in [2.24, 2.45) is 0 Å². The lowest BCUT2D eigenvalue weighted by molar-refractivity contribution is 0.181. The van der Waals surface area contributed by atoms with E-state index in [9.17, 15) is 8.42 Å². The van der Waals surface area contributed by atoms with Crippen LogP contribution in [0.15, 0.2) is 65.7 Å². The number of ether oxygens (including phenoxy) is 3. The lowest BCUT2D eigenvalue weighted by Crippen LogP contribution is -2.28. The molecule has 2 heterocycles. The van der Waals surface area contributed by atoms with E-state index in [-0.39, 0.29) is 18.0 Å². The Bertz CT molecular complexity index is 1710. The molecule has 0 spiro atoms. The fourth-order valence-electron chi connectivity index (χ4n) is 4.04. The van der Waals surface area contributed by atoms with Crippen molar-refractivity contribution >= 4 is 42.6 Å². The predicted molar refractivity (Wildman–Crippen MR) is 147 cm³/mol. The molecule has 0 fully saturated rings. The van der Waals surface area contributed by atoms with Crippen molar-refractivity contribution in [3.8, 4) is 22.1 Å². The molecule has 0 radical (unpaired) electrons. The van der Waals surface area contributed by atoms with E-state index < -0.39 is 10.0 Å². The highest BCUT2D eigenvalue weighted by molar-refractivity contribution is 7.89. The molecule has 0 amide bonds. The van der Waals surface area contributed by atoms with Crippen molar-refractivity contribution in [2.45, 2.75) is 18.4 Å². The second kappa shape index (κ2) is 11.0. The molecule has 0 aliphatic heterocycles. The number of sulfonamides is 1. The van der Waals surface area contributed by atoms with Gasteiger partial charge in [-0.05, 0) is 42.8 Å². The molecule has 5 rings (SSSR count). The number of thiazole rings is 1. The average Bonchev–Trinajstić information content (AvgIpc) is 3.35. The Kier molecular flexibility index (Phi) is 7.52. The minimum Gasteiger partial charge on any atom is -0.494 e. The second-order valence-corrected chi connectivity index (χ2v) is 11.3. The van der Waals surface area contributed by atoms with E-state index in [0.717, 1.165) is 37.6 Å². The third kappa shape index (κ3) is 5.46. The van der Waals surface area contributed by atoms with Gasteiger partial charge in [0.25, 0.3) is 0 Å². The van der Waals surface area contributed by atoms with Crippen molar-refractivity contribution in [2.75, 3.05) is 27.4 Å². The maximum Gasteiger partial charge on any atom is 0.240 e. The number of rotatable bonds is 10. The van der Waals surface area contributed by atoms with Crippen LogP contribution in [0.1, 0.15) is 11.3 Å². The number of hydrogen-bond acceptors (Lipinski definition) is 9. The average molecular weight is 551 g/mol.